The van der Waals surface area contributed by atoms with Crippen LogP contribution in [0.4, 0.5) is 5.69 Å². The monoisotopic (exact) mass is 432 g/mol. The molecule has 0 atom stereocenters. The third kappa shape index (κ3) is 6.17. The number of unbranched alkanes of at least 4 members (excludes halogenated alkanes) is 1. The highest BCUT2D eigenvalue weighted by atomic mass is 16.1. The second-order valence-corrected chi connectivity index (χ2v) is 8.42. The molecule has 0 radical (unpaired) electrons. The summed E-state index contributed by atoms with van der Waals surface area (Å²) in [7, 11) is 0. The van der Waals surface area contributed by atoms with Gasteiger partial charge in [0.15, 0.2) is 0 Å². The Morgan fingerprint density at radius 3 is 2.56 bits per heavy atom. The summed E-state index contributed by atoms with van der Waals surface area (Å²) in [5, 5.41) is 7.14. The molecule has 1 aliphatic rings. The van der Waals surface area contributed by atoms with Crippen molar-refractivity contribution in [2.45, 2.75) is 26.3 Å². The fourth-order valence-corrected chi connectivity index (χ4v) is 4.08. The highest BCUT2D eigenvalue weighted by Gasteiger charge is 2.16. The average Bonchev–Trinajstić information content (AvgIpc) is 3.33. The number of nitrogens with zero attached hydrogens (tertiary/aromatic N) is 5. The van der Waals surface area contributed by atoms with Crippen LogP contribution in [-0.2, 0) is 6.54 Å². The molecular weight excluding hydrogens is 400 g/mol. The maximum atomic E-state index is 12.4. The molecular formula is C25H32N6O. The lowest BCUT2D eigenvalue weighted by Crippen LogP contribution is -2.46. The lowest BCUT2D eigenvalue weighted by molar-refractivity contribution is 0.0952. The molecule has 1 aromatic heterocycles. The molecule has 4 rings (SSSR count). The van der Waals surface area contributed by atoms with Crippen molar-refractivity contribution in [3.8, 4) is 0 Å². The number of rotatable bonds is 9. The molecule has 0 unspecified atom stereocenters. The number of aryl methyl sites for hydroxylation is 1. The Morgan fingerprint density at radius 1 is 1.03 bits per heavy atom. The molecule has 0 bridgehead atoms. The van der Waals surface area contributed by atoms with Crippen molar-refractivity contribution in [3.63, 3.8) is 0 Å². The first kappa shape index (κ1) is 22.0. The van der Waals surface area contributed by atoms with E-state index in [-0.39, 0.29) is 5.91 Å². The van der Waals surface area contributed by atoms with Crippen molar-refractivity contribution in [2.75, 3.05) is 44.2 Å². The number of piperazine rings is 1. The van der Waals surface area contributed by atoms with Gasteiger partial charge in [0, 0.05) is 44.0 Å². The molecule has 1 fully saturated rings. The minimum Gasteiger partial charge on any atom is -0.369 e. The van der Waals surface area contributed by atoms with Crippen molar-refractivity contribution in [1.29, 1.82) is 0 Å². The minimum atomic E-state index is -0.0101. The van der Waals surface area contributed by atoms with Gasteiger partial charge >= 0.3 is 0 Å². The SMILES string of the molecule is Cc1cccc(N2CCN(CCCCNC(=O)c3ccc(Cn4cncn4)cc3)CC2)c1. The smallest absolute Gasteiger partial charge is 0.251 e. The number of carbonyl (C=O) groups is 1. The quantitative estimate of drug-likeness (QED) is 0.527. The molecule has 7 nitrogen and oxygen atoms in total. The summed E-state index contributed by atoms with van der Waals surface area (Å²) >= 11 is 0. The standard InChI is InChI=1S/C25H32N6O/c1-21-5-4-6-24(17-21)30-15-13-29(14-16-30)12-3-2-11-27-25(32)23-9-7-22(8-10-23)18-31-20-26-19-28-31/h4-10,17,19-20H,2-3,11-16,18H2,1H3,(H,27,32). The van der Waals surface area contributed by atoms with Crippen LogP contribution in [0.5, 0.6) is 0 Å². The third-order valence-corrected chi connectivity index (χ3v) is 5.95. The summed E-state index contributed by atoms with van der Waals surface area (Å²) in [5.41, 5.74) is 4.43. The maximum absolute atomic E-state index is 12.4. The average molecular weight is 433 g/mol. The van der Waals surface area contributed by atoms with Crippen molar-refractivity contribution in [1.82, 2.24) is 25.0 Å². The van der Waals surface area contributed by atoms with Crippen LogP contribution in [-0.4, -0.2) is 64.8 Å². The van der Waals surface area contributed by atoms with Gasteiger partial charge in [-0.2, -0.15) is 5.10 Å². The van der Waals surface area contributed by atoms with Crippen LogP contribution in [0.25, 0.3) is 0 Å². The summed E-state index contributed by atoms with van der Waals surface area (Å²) < 4.78 is 1.76. The molecule has 32 heavy (non-hydrogen) atoms. The van der Waals surface area contributed by atoms with E-state index in [1.807, 2.05) is 24.3 Å². The minimum absolute atomic E-state index is 0.0101. The van der Waals surface area contributed by atoms with Gasteiger partial charge in [0.25, 0.3) is 5.91 Å². The van der Waals surface area contributed by atoms with Gasteiger partial charge in [0.2, 0.25) is 0 Å². The Kier molecular flexibility index (Phi) is 7.51. The van der Waals surface area contributed by atoms with Crippen LogP contribution in [0.3, 0.4) is 0 Å². The van der Waals surface area contributed by atoms with E-state index in [9.17, 15) is 4.79 Å². The summed E-state index contributed by atoms with van der Waals surface area (Å²) in [5.74, 6) is -0.0101. The Labute approximate surface area is 190 Å². The largest absolute Gasteiger partial charge is 0.369 e. The van der Waals surface area contributed by atoms with E-state index in [1.54, 1.807) is 11.0 Å². The number of carbonyl (C=O) groups excluding carboxylic acids is 1. The van der Waals surface area contributed by atoms with Crippen LogP contribution < -0.4 is 10.2 Å². The number of amides is 1. The van der Waals surface area contributed by atoms with E-state index < -0.39 is 0 Å². The first-order chi connectivity index (χ1) is 15.7. The third-order valence-electron chi connectivity index (χ3n) is 5.95. The zero-order chi connectivity index (χ0) is 22.2. The van der Waals surface area contributed by atoms with Gasteiger partial charge in [-0.15, -0.1) is 0 Å². The molecule has 1 aliphatic heterocycles. The van der Waals surface area contributed by atoms with Crippen LogP contribution in [0.1, 0.15) is 34.3 Å². The van der Waals surface area contributed by atoms with Gasteiger partial charge < -0.3 is 10.2 Å². The highest BCUT2D eigenvalue weighted by Crippen LogP contribution is 2.18. The topological polar surface area (TPSA) is 66.3 Å². The molecule has 2 heterocycles. The van der Waals surface area contributed by atoms with E-state index in [0.29, 0.717) is 18.7 Å². The molecule has 1 amide bonds. The van der Waals surface area contributed by atoms with Crippen molar-refractivity contribution >= 4 is 11.6 Å². The van der Waals surface area contributed by atoms with E-state index >= 15 is 0 Å². The second-order valence-electron chi connectivity index (χ2n) is 8.42. The maximum Gasteiger partial charge on any atom is 0.251 e. The number of hydrogen-bond acceptors (Lipinski definition) is 5. The van der Waals surface area contributed by atoms with Crippen molar-refractivity contribution in [3.05, 3.63) is 77.9 Å². The molecule has 0 saturated carbocycles. The van der Waals surface area contributed by atoms with Crippen molar-refractivity contribution in [2.24, 2.45) is 0 Å². The van der Waals surface area contributed by atoms with Gasteiger partial charge in [-0.05, 0) is 61.7 Å². The summed E-state index contributed by atoms with van der Waals surface area (Å²) in [4.78, 5) is 21.3. The predicted octanol–water partition coefficient (Wildman–Crippen LogP) is 2.97. The summed E-state index contributed by atoms with van der Waals surface area (Å²) in [6, 6.07) is 16.4. The molecule has 168 valence electrons. The molecule has 2 aromatic carbocycles. The predicted molar refractivity (Wildman–Crippen MR) is 127 cm³/mol. The fourth-order valence-electron chi connectivity index (χ4n) is 4.08. The van der Waals surface area contributed by atoms with Gasteiger partial charge in [-0.25, -0.2) is 9.67 Å². The van der Waals surface area contributed by atoms with Gasteiger partial charge in [-0.3, -0.25) is 9.69 Å². The van der Waals surface area contributed by atoms with Gasteiger partial charge in [-0.1, -0.05) is 24.3 Å². The normalized spacial score (nSPS) is 14.5. The number of benzene rings is 2. The molecule has 1 N–H and O–H groups in total. The fraction of sp³-hybridized carbons (Fsp3) is 0.400. The molecule has 7 heteroatoms. The van der Waals surface area contributed by atoms with E-state index in [2.05, 4.69) is 56.4 Å². The van der Waals surface area contributed by atoms with Crippen LogP contribution in [0.2, 0.25) is 0 Å². The Hall–Kier alpha value is -3.19. The highest BCUT2D eigenvalue weighted by molar-refractivity contribution is 5.94. The number of hydrogen-bond donors (Lipinski definition) is 1. The molecule has 0 spiro atoms. The van der Waals surface area contributed by atoms with Crippen LogP contribution >= 0.6 is 0 Å². The summed E-state index contributed by atoms with van der Waals surface area (Å²) in [6.45, 7) is 8.95. The summed E-state index contributed by atoms with van der Waals surface area (Å²) in [6.07, 6.45) is 5.30. The second kappa shape index (κ2) is 10.9. The Morgan fingerprint density at radius 2 is 1.84 bits per heavy atom. The lowest BCUT2D eigenvalue weighted by atomic mass is 10.1. The number of anilines is 1. The van der Waals surface area contributed by atoms with Crippen LogP contribution in [0.15, 0.2) is 61.2 Å². The molecule has 0 aliphatic carbocycles. The van der Waals surface area contributed by atoms with Crippen LogP contribution in [0, 0.1) is 6.92 Å². The zero-order valence-electron chi connectivity index (χ0n) is 18.8. The van der Waals surface area contributed by atoms with Gasteiger partial charge in [0.1, 0.15) is 12.7 Å². The Bertz CT molecular complexity index is 978. The Balaban J connectivity index is 1.11. The number of aromatic nitrogens is 3. The van der Waals surface area contributed by atoms with E-state index in [0.717, 1.165) is 51.1 Å². The molecule has 3 aromatic rings. The van der Waals surface area contributed by atoms with E-state index in [1.165, 1.54) is 17.6 Å². The lowest BCUT2D eigenvalue weighted by Gasteiger charge is -2.36. The number of nitrogens with one attached hydrogen (secondary N) is 1. The first-order valence-electron chi connectivity index (χ1n) is 11.4. The van der Waals surface area contributed by atoms with E-state index in [4.69, 9.17) is 0 Å². The first-order valence-corrected chi connectivity index (χ1v) is 11.4. The van der Waals surface area contributed by atoms with Gasteiger partial charge in [0.05, 0.1) is 6.54 Å². The molecule has 1 saturated heterocycles. The van der Waals surface area contributed by atoms with Crippen molar-refractivity contribution < 1.29 is 4.79 Å². The zero-order valence-corrected chi connectivity index (χ0v) is 18.8.